The molecule has 1 aliphatic rings. The molecule has 0 aromatic heterocycles. The number of esters is 1. The van der Waals surface area contributed by atoms with E-state index in [9.17, 15) is 14.4 Å². The third-order valence-electron chi connectivity index (χ3n) is 4.03. The van der Waals surface area contributed by atoms with Gasteiger partial charge < -0.3 is 10.1 Å². The van der Waals surface area contributed by atoms with Crippen molar-refractivity contribution in [2.75, 3.05) is 11.9 Å². The summed E-state index contributed by atoms with van der Waals surface area (Å²) in [5.41, 5.74) is 1.10. The molecular formula is C20H25NO4. The van der Waals surface area contributed by atoms with Crippen molar-refractivity contribution in [3.05, 3.63) is 42.0 Å². The molecule has 1 aromatic rings. The summed E-state index contributed by atoms with van der Waals surface area (Å²) in [6.07, 6.45) is 6.80. The molecule has 0 saturated carbocycles. The van der Waals surface area contributed by atoms with Gasteiger partial charge in [-0.15, -0.1) is 0 Å². The summed E-state index contributed by atoms with van der Waals surface area (Å²) in [6, 6.07) is 6.62. The summed E-state index contributed by atoms with van der Waals surface area (Å²) in [6.45, 7) is 3.70. The van der Waals surface area contributed by atoms with Gasteiger partial charge in [0.2, 0.25) is 5.91 Å². The van der Waals surface area contributed by atoms with Crippen LogP contribution in [-0.4, -0.2) is 24.3 Å². The standard InChI is InChI=1S/C20H25NO4/c1-14(2)12-19(23)21-17-10-8-15(9-11-17)18(22)13-25-20(24)16-6-4-3-5-7-16/h3-4,8-11,14,16H,5-7,12-13H2,1-2H3,(H,21,23)/t16-/m0/s1. The number of nitrogens with one attached hydrogen (secondary N) is 1. The number of carbonyl (C=O) groups is 3. The van der Waals surface area contributed by atoms with Gasteiger partial charge in [-0.05, 0) is 49.4 Å². The monoisotopic (exact) mass is 343 g/mol. The van der Waals surface area contributed by atoms with Gasteiger partial charge in [0.25, 0.3) is 0 Å². The fraction of sp³-hybridized carbons (Fsp3) is 0.450. The molecule has 0 saturated heterocycles. The third kappa shape index (κ3) is 6.18. The van der Waals surface area contributed by atoms with Gasteiger partial charge in [-0.3, -0.25) is 14.4 Å². The largest absolute Gasteiger partial charge is 0.457 e. The lowest BCUT2D eigenvalue weighted by atomic mass is 9.95. The first-order valence-corrected chi connectivity index (χ1v) is 8.70. The second-order valence-electron chi connectivity index (χ2n) is 6.74. The van der Waals surface area contributed by atoms with E-state index >= 15 is 0 Å². The zero-order valence-corrected chi connectivity index (χ0v) is 14.8. The smallest absolute Gasteiger partial charge is 0.309 e. The Morgan fingerprint density at radius 2 is 1.88 bits per heavy atom. The number of ether oxygens (including phenoxy) is 1. The molecule has 5 nitrogen and oxygen atoms in total. The Bertz CT molecular complexity index is 646. The van der Waals surface area contributed by atoms with Crippen LogP contribution in [0, 0.1) is 11.8 Å². The molecule has 1 amide bonds. The SMILES string of the molecule is CC(C)CC(=O)Nc1ccc(C(=O)COC(=O)[C@H]2CC=CCC2)cc1. The first-order valence-electron chi connectivity index (χ1n) is 8.70. The van der Waals surface area contributed by atoms with Crippen molar-refractivity contribution in [1.82, 2.24) is 0 Å². The molecule has 0 aliphatic heterocycles. The van der Waals surface area contributed by atoms with E-state index in [1.807, 2.05) is 19.9 Å². The number of rotatable bonds is 7. The molecule has 0 bridgehead atoms. The number of ketones is 1. The number of anilines is 1. The van der Waals surface area contributed by atoms with Crippen LogP contribution in [0.25, 0.3) is 0 Å². The molecule has 1 atom stereocenters. The van der Waals surface area contributed by atoms with E-state index < -0.39 is 0 Å². The number of Topliss-reactive ketones (excluding diaryl/α,β-unsaturated/α-hetero) is 1. The van der Waals surface area contributed by atoms with Gasteiger partial charge in [-0.1, -0.05) is 26.0 Å². The molecule has 1 aromatic carbocycles. The second-order valence-corrected chi connectivity index (χ2v) is 6.74. The van der Waals surface area contributed by atoms with Crippen molar-refractivity contribution < 1.29 is 19.1 Å². The van der Waals surface area contributed by atoms with E-state index in [1.165, 1.54) is 0 Å². The molecule has 0 spiro atoms. The molecule has 0 heterocycles. The van der Waals surface area contributed by atoms with Crippen LogP contribution in [0.5, 0.6) is 0 Å². The molecule has 1 aliphatic carbocycles. The van der Waals surface area contributed by atoms with Crippen LogP contribution in [0.3, 0.4) is 0 Å². The van der Waals surface area contributed by atoms with Crippen LogP contribution >= 0.6 is 0 Å². The van der Waals surface area contributed by atoms with Gasteiger partial charge in [0.05, 0.1) is 5.92 Å². The highest BCUT2D eigenvalue weighted by Gasteiger charge is 2.21. The van der Waals surface area contributed by atoms with Gasteiger partial charge in [0.1, 0.15) is 0 Å². The van der Waals surface area contributed by atoms with E-state index in [0.717, 1.165) is 12.8 Å². The predicted molar refractivity (Wildman–Crippen MR) is 96.3 cm³/mol. The third-order valence-corrected chi connectivity index (χ3v) is 4.03. The number of amides is 1. The Morgan fingerprint density at radius 3 is 2.48 bits per heavy atom. The maximum Gasteiger partial charge on any atom is 0.309 e. The van der Waals surface area contributed by atoms with Crippen LogP contribution in [0.1, 0.15) is 49.9 Å². The number of carbonyl (C=O) groups excluding carboxylic acids is 3. The molecule has 134 valence electrons. The lowest BCUT2D eigenvalue weighted by Gasteiger charge is -2.16. The Morgan fingerprint density at radius 1 is 1.16 bits per heavy atom. The van der Waals surface area contributed by atoms with Crippen LogP contribution in [0.2, 0.25) is 0 Å². The summed E-state index contributed by atoms with van der Waals surface area (Å²) in [5, 5.41) is 2.79. The highest BCUT2D eigenvalue weighted by molar-refractivity contribution is 5.99. The molecule has 0 fully saturated rings. The quantitative estimate of drug-likeness (QED) is 0.465. The van der Waals surface area contributed by atoms with E-state index in [0.29, 0.717) is 24.1 Å². The average Bonchev–Trinajstić information content (AvgIpc) is 2.60. The van der Waals surface area contributed by atoms with Crippen LogP contribution < -0.4 is 5.32 Å². The zero-order valence-electron chi connectivity index (χ0n) is 14.8. The first kappa shape index (κ1) is 18.9. The average molecular weight is 343 g/mol. The number of hydrogen-bond acceptors (Lipinski definition) is 4. The van der Waals surface area contributed by atoms with Crippen LogP contribution in [0.4, 0.5) is 5.69 Å². The van der Waals surface area contributed by atoms with Gasteiger partial charge >= 0.3 is 5.97 Å². The number of benzene rings is 1. The highest BCUT2D eigenvalue weighted by atomic mass is 16.5. The highest BCUT2D eigenvalue weighted by Crippen LogP contribution is 2.19. The minimum Gasteiger partial charge on any atom is -0.457 e. The second kappa shape index (κ2) is 9.16. The Hall–Kier alpha value is -2.43. The van der Waals surface area contributed by atoms with Crippen molar-refractivity contribution in [3.8, 4) is 0 Å². The molecule has 25 heavy (non-hydrogen) atoms. The van der Waals surface area contributed by atoms with Crippen molar-refractivity contribution in [1.29, 1.82) is 0 Å². The minimum absolute atomic E-state index is 0.0514. The van der Waals surface area contributed by atoms with Gasteiger partial charge in [-0.2, -0.15) is 0 Å². The maximum absolute atomic E-state index is 12.1. The number of hydrogen-bond donors (Lipinski definition) is 1. The molecule has 1 N–H and O–H groups in total. The van der Waals surface area contributed by atoms with Crippen molar-refractivity contribution in [2.24, 2.45) is 11.8 Å². The number of allylic oxidation sites excluding steroid dienone is 2. The predicted octanol–water partition coefficient (Wildman–Crippen LogP) is 3.75. The fourth-order valence-electron chi connectivity index (χ4n) is 2.67. The summed E-state index contributed by atoms with van der Waals surface area (Å²) < 4.78 is 5.14. The Balaban J connectivity index is 1.82. The van der Waals surface area contributed by atoms with Gasteiger partial charge in [0, 0.05) is 17.7 Å². The molecule has 2 rings (SSSR count). The Labute approximate surface area is 148 Å². The Kier molecular flexibility index (Phi) is 6.92. The van der Waals surface area contributed by atoms with Gasteiger partial charge in [0.15, 0.2) is 12.4 Å². The summed E-state index contributed by atoms with van der Waals surface area (Å²) in [5.74, 6) is -0.467. The zero-order chi connectivity index (χ0) is 18.2. The van der Waals surface area contributed by atoms with Gasteiger partial charge in [-0.25, -0.2) is 0 Å². The van der Waals surface area contributed by atoms with Crippen molar-refractivity contribution in [3.63, 3.8) is 0 Å². The normalized spacial score (nSPS) is 16.5. The summed E-state index contributed by atoms with van der Waals surface area (Å²) >= 11 is 0. The summed E-state index contributed by atoms with van der Waals surface area (Å²) in [7, 11) is 0. The lowest BCUT2D eigenvalue weighted by Crippen LogP contribution is -2.22. The molecular weight excluding hydrogens is 318 g/mol. The minimum atomic E-state index is -0.310. The molecule has 0 unspecified atom stereocenters. The lowest BCUT2D eigenvalue weighted by molar-refractivity contribution is -0.147. The van der Waals surface area contributed by atoms with Crippen molar-refractivity contribution >= 4 is 23.3 Å². The maximum atomic E-state index is 12.1. The van der Waals surface area contributed by atoms with E-state index in [-0.39, 0.29) is 36.1 Å². The topological polar surface area (TPSA) is 72.5 Å². The fourth-order valence-corrected chi connectivity index (χ4v) is 2.67. The van der Waals surface area contributed by atoms with E-state index in [2.05, 4.69) is 11.4 Å². The van der Waals surface area contributed by atoms with Crippen LogP contribution in [-0.2, 0) is 14.3 Å². The van der Waals surface area contributed by atoms with E-state index in [4.69, 9.17) is 4.74 Å². The van der Waals surface area contributed by atoms with Crippen LogP contribution in [0.15, 0.2) is 36.4 Å². The molecule has 5 heteroatoms. The van der Waals surface area contributed by atoms with E-state index in [1.54, 1.807) is 24.3 Å². The molecule has 0 radical (unpaired) electrons. The summed E-state index contributed by atoms with van der Waals surface area (Å²) in [4.78, 5) is 35.8. The van der Waals surface area contributed by atoms with Crippen molar-refractivity contribution in [2.45, 2.75) is 39.5 Å². The first-order chi connectivity index (χ1) is 12.0.